The van der Waals surface area contributed by atoms with E-state index in [-0.39, 0.29) is 23.8 Å². The molecule has 136 valence electrons. The van der Waals surface area contributed by atoms with Crippen LogP contribution in [-0.4, -0.2) is 49.0 Å². The Morgan fingerprint density at radius 3 is 3.04 bits per heavy atom. The fraction of sp³-hybridized carbons (Fsp3) is 0.667. The average Bonchev–Trinajstić information content (AvgIpc) is 2.79. The lowest BCUT2D eigenvalue weighted by atomic mass is 9.83. The first-order valence-electron chi connectivity index (χ1n) is 8.53. The van der Waals surface area contributed by atoms with Crippen LogP contribution in [0, 0.1) is 0 Å². The Balaban J connectivity index is 0.00000208. The van der Waals surface area contributed by atoms with E-state index < -0.39 is 5.60 Å². The molecule has 2 N–H and O–H groups in total. The molecule has 2 aliphatic rings. The molecule has 0 amide bonds. The smallest absolute Gasteiger partial charge is 0.119 e. The predicted molar refractivity (Wildman–Crippen MR) is 101 cm³/mol. The van der Waals surface area contributed by atoms with Crippen LogP contribution in [0.2, 0.25) is 0 Å². The largest absolute Gasteiger partial charge is 0.497 e. The van der Waals surface area contributed by atoms with Crippen LogP contribution in [0.5, 0.6) is 5.75 Å². The number of ether oxygens (including phenoxy) is 2. The monoisotopic (exact) mass is 373 g/mol. The minimum atomic E-state index is -0.809. The maximum atomic E-state index is 11.6. The van der Waals surface area contributed by atoms with Crippen molar-refractivity contribution in [2.75, 3.05) is 32.6 Å². The maximum Gasteiger partial charge on any atom is 0.119 e. The van der Waals surface area contributed by atoms with Gasteiger partial charge in [0.15, 0.2) is 0 Å². The lowest BCUT2D eigenvalue weighted by Gasteiger charge is -2.38. The number of hydrogen-bond donors (Lipinski definition) is 2. The summed E-state index contributed by atoms with van der Waals surface area (Å²) in [6.45, 7) is 2.57. The van der Waals surface area contributed by atoms with Crippen molar-refractivity contribution in [3.05, 3.63) is 29.8 Å². The van der Waals surface area contributed by atoms with E-state index in [9.17, 15) is 5.11 Å². The zero-order valence-corrected chi connectivity index (χ0v) is 15.8. The summed E-state index contributed by atoms with van der Waals surface area (Å²) in [5.74, 6) is 1.91. The third-order valence-corrected chi connectivity index (χ3v) is 6.36. The Labute approximate surface area is 155 Å². The molecule has 2 fully saturated rings. The second-order valence-corrected chi connectivity index (χ2v) is 7.72. The van der Waals surface area contributed by atoms with Crippen molar-refractivity contribution < 1.29 is 14.6 Å². The number of hydrogen-bond acceptors (Lipinski definition) is 5. The summed E-state index contributed by atoms with van der Waals surface area (Å²) in [5, 5.41) is 15.1. The van der Waals surface area contributed by atoms with Gasteiger partial charge >= 0.3 is 0 Å². The summed E-state index contributed by atoms with van der Waals surface area (Å²) in [5.41, 5.74) is 0.163. The number of rotatable bonds is 4. The molecule has 2 aliphatic heterocycles. The summed E-state index contributed by atoms with van der Waals surface area (Å²) < 4.78 is 11.2. The Bertz CT molecular complexity index is 513. The van der Waals surface area contributed by atoms with Crippen molar-refractivity contribution in [2.45, 2.75) is 42.6 Å². The quantitative estimate of drug-likeness (QED) is 0.849. The van der Waals surface area contributed by atoms with Crippen LogP contribution < -0.4 is 10.1 Å². The molecule has 2 heterocycles. The van der Waals surface area contributed by atoms with Crippen molar-refractivity contribution in [3.8, 4) is 5.75 Å². The number of methoxy groups -OCH3 is 1. The molecular formula is C18H28ClNO3S. The highest BCUT2D eigenvalue weighted by molar-refractivity contribution is 7.99. The Morgan fingerprint density at radius 1 is 1.42 bits per heavy atom. The minimum Gasteiger partial charge on any atom is -0.497 e. The van der Waals surface area contributed by atoms with Crippen LogP contribution in [-0.2, 0) is 10.3 Å². The van der Waals surface area contributed by atoms with E-state index in [4.69, 9.17) is 9.47 Å². The molecule has 3 unspecified atom stereocenters. The third kappa shape index (κ3) is 4.58. The van der Waals surface area contributed by atoms with Crippen LogP contribution in [0.1, 0.15) is 31.2 Å². The van der Waals surface area contributed by atoms with Crippen molar-refractivity contribution >= 4 is 24.2 Å². The Morgan fingerprint density at radius 2 is 2.29 bits per heavy atom. The van der Waals surface area contributed by atoms with Gasteiger partial charge in [-0.25, -0.2) is 0 Å². The number of nitrogens with one attached hydrogen (secondary N) is 1. The van der Waals surface area contributed by atoms with Gasteiger partial charge in [0.1, 0.15) is 11.4 Å². The average molecular weight is 374 g/mol. The van der Waals surface area contributed by atoms with E-state index in [0.29, 0.717) is 0 Å². The molecule has 4 nitrogen and oxygen atoms in total. The van der Waals surface area contributed by atoms with Gasteiger partial charge in [0, 0.05) is 18.3 Å². The van der Waals surface area contributed by atoms with Gasteiger partial charge < -0.3 is 19.9 Å². The summed E-state index contributed by atoms with van der Waals surface area (Å²) in [6.07, 6.45) is 4.10. The van der Waals surface area contributed by atoms with Crippen LogP contribution in [0.4, 0.5) is 0 Å². The zero-order chi connectivity index (χ0) is 16.1. The van der Waals surface area contributed by atoms with E-state index >= 15 is 0 Å². The first-order valence-corrected chi connectivity index (χ1v) is 9.58. The Kier molecular flexibility index (Phi) is 7.69. The fourth-order valence-electron chi connectivity index (χ4n) is 3.52. The predicted octanol–water partition coefficient (Wildman–Crippen LogP) is 2.97. The van der Waals surface area contributed by atoms with Gasteiger partial charge in [0.25, 0.3) is 0 Å². The van der Waals surface area contributed by atoms with E-state index in [2.05, 4.69) is 5.32 Å². The second-order valence-electron chi connectivity index (χ2n) is 6.41. The molecule has 2 saturated heterocycles. The zero-order valence-electron chi connectivity index (χ0n) is 14.2. The van der Waals surface area contributed by atoms with Crippen LogP contribution in [0.3, 0.4) is 0 Å². The molecule has 0 aromatic heterocycles. The minimum absolute atomic E-state index is 0. The van der Waals surface area contributed by atoms with Crippen molar-refractivity contribution in [3.63, 3.8) is 0 Å². The molecule has 0 bridgehead atoms. The topological polar surface area (TPSA) is 50.7 Å². The molecule has 6 heteroatoms. The normalized spacial score (nSPS) is 30.9. The van der Waals surface area contributed by atoms with Gasteiger partial charge in [0.2, 0.25) is 0 Å². The number of aliphatic hydroxyl groups is 1. The maximum absolute atomic E-state index is 11.6. The lowest BCUT2D eigenvalue weighted by molar-refractivity contribution is -0.0165. The highest BCUT2D eigenvalue weighted by atomic mass is 35.5. The van der Waals surface area contributed by atoms with Gasteiger partial charge in [-0.15, -0.1) is 12.4 Å². The lowest BCUT2D eigenvalue weighted by Crippen LogP contribution is -2.44. The standard InChI is InChI=1S/C18H27NO3S.ClH/c1-21-15-6-4-5-14(11-15)18(20)7-2-3-10-23-17(18)12-16-13-19-8-9-22-16;/h4-6,11,16-17,19-20H,2-3,7-10,12-13H2,1H3;1H. The number of halogens is 1. The van der Waals surface area contributed by atoms with Crippen LogP contribution in [0.25, 0.3) is 0 Å². The van der Waals surface area contributed by atoms with Gasteiger partial charge in [-0.3, -0.25) is 0 Å². The van der Waals surface area contributed by atoms with E-state index in [0.717, 1.165) is 62.4 Å². The van der Waals surface area contributed by atoms with E-state index in [1.54, 1.807) is 7.11 Å². The van der Waals surface area contributed by atoms with Gasteiger partial charge in [-0.05, 0) is 49.1 Å². The summed E-state index contributed by atoms with van der Waals surface area (Å²) in [4.78, 5) is 0. The van der Waals surface area contributed by atoms with E-state index in [1.807, 2.05) is 36.0 Å². The molecule has 1 aromatic rings. The highest BCUT2D eigenvalue weighted by Gasteiger charge is 2.41. The highest BCUT2D eigenvalue weighted by Crippen LogP contribution is 2.43. The van der Waals surface area contributed by atoms with Gasteiger partial charge in [-0.2, -0.15) is 11.8 Å². The first kappa shape index (κ1) is 19.9. The van der Waals surface area contributed by atoms with Gasteiger partial charge in [-0.1, -0.05) is 12.1 Å². The SMILES string of the molecule is COc1cccc(C2(O)CCCCSC2CC2CNCCO2)c1.Cl. The summed E-state index contributed by atoms with van der Waals surface area (Å²) in [6, 6.07) is 7.91. The molecule has 0 saturated carbocycles. The second kappa shape index (κ2) is 9.30. The number of benzene rings is 1. The Hall–Kier alpha value is -0.460. The molecule has 1 aromatic carbocycles. The van der Waals surface area contributed by atoms with Crippen LogP contribution in [0.15, 0.2) is 24.3 Å². The molecule has 0 aliphatic carbocycles. The van der Waals surface area contributed by atoms with Crippen molar-refractivity contribution in [2.24, 2.45) is 0 Å². The summed E-state index contributed by atoms with van der Waals surface area (Å²) >= 11 is 1.89. The fourth-order valence-corrected chi connectivity index (χ4v) is 5.05. The molecule has 3 atom stereocenters. The molecule has 0 spiro atoms. The van der Waals surface area contributed by atoms with E-state index in [1.165, 1.54) is 0 Å². The first-order chi connectivity index (χ1) is 11.2. The van der Waals surface area contributed by atoms with Crippen LogP contribution >= 0.6 is 24.2 Å². The summed E-state index contributed by atoms with van der Waals surface area (Å²) in [7, 11) is 1.67. The molecule has 24 heavy (non-hydrogen) atoms. The number of morpholine rings is 1. The third-order valence-electron chi connectivity index (χ3n) is 4.85. The molecule has 3 rings (SSSR count). The number of thioether (sulfide) groups is 1. The van der Waals surface area contributed by atoms with Crippen molar-refractivity contribution in [1.82, 2.24) is 5.32 Å². The van der Waals surface area contributed by atoms with Crippen molar-refractivity contribution in [1.29, 1.82) is 0 Å². The molecule has 0 radical (unpaired) electrons. The molecular weight excluding hydrogens is 346 g/mol. The van der Waals surface area contributed by atoms with Gasteiger partial charge in [0.05, 0.1) is 19.8 Å².